The molecule has 0 atom stereocenters. The quantitative estimate of drug-likeness (QED) is 0.303. The second-order valence-corrected chi connectivity index (χ2v) is 6.99. The molecule has 0 aromatic heterocycles. The Labute approximate surface area is 190 Å². The largest absolute Gasteiger partial charge is 0.489 e. The first-order valence-electron chi connectivity index (χ1n) is 9.61. The summed E-state index contributed by atoms with van der Waals surface area (Å²) >= 11 is 4.99. The van der Waals surface area contributed by atoms with Gasteiger partial charge in [-0.3, -0.25) is 25.8 Å². The monoisotopic (exact) mass is 449 g/mol. The van der Waals surface area contributed by atoms with Gasteiger partial charge in [-0.15, -0.1) is 0 Å². The summed E-state index contributed by atoms with van der Waals surface area (Å²) in [7, 11) is 0. The molecule has 6 nitrogen and oxygen atoms in total. The zero-order valence-corrected chi connectivity index (χ0v) is 17.7. The van der Waals surface area contributed by atoms with E-state index in [1.807, 2.05) is 30.3 Å². The molecule has 0 aliphatic rings. The number of thiocarbonyl (C=S) groups is 1. The van der Waals surface area contributed by atoms with Crippen LogP contribution >= 0.6 is 12.2 Å². The minimum absolute atomic E-state index is 0.0741. The van der Waals surface area contributed by atoms with Crippen molar-refractivity contribution in [1.29, 1.82) is 0 Å². The van der Waals surface area contributed by atoms with Crippen LogP contribution in [-0.2, 0) is 11.4 Å². The molecule has 3 aromatic carbocycles. The topological polar surface area (TPSA) is 79.5 Å². The molecule has 8 heteroatoms. The third kappa shape index (κ3) is 7.33. The van der Waals surface area contributed by atoms with Crippen LogP contribution in [0.15, 0.2) is 84.9 Å². The summed E-state index contributed by atoms with van der Waals surface area (Å²) in [6.45, 7) is 0.428. The number of amides is 2. The van der Waals surface area contributed by atoms with Gasteiger partial charge in [0.15, 0.2) is 5.11 Å². The average Bonchev–Trinajstić information content (AvgIpc) is 2.82. The maximum atomic E-state index is 12.9. The van der Waals surface area contributed by atoms with Crippen molar-refractivity contribution in [3.05, 3.63) is 107 Å². The first-order valence-corrected chi connectivity index (χ1v) is 10.0. The highest BCUT2D eigenvalue weighted by atomic mass is 32.1. The Balaban J connectivity index is 1.41. The number of halogens is 1. The molecular formula is C24H20FN3O3S. The van der Waals surface area contributed by atoms with E-state index in [0.29, 0.717) is 23.5 Å². The summed E-state index contributed by atoms with van der Waals surface area (Å²) in [6.07, 6.45) is 2.76. The van der Waals surface area contributed by atoms with E-state index in [2.05, 4.69) is 16.2 Å². The molecule has 2 amide bonds. The Morgan fingerprint density at radius 2 is 1.59 bits per heavy atom. The van der Waals surface area contributed by atoms with Crippen LogP contribution in [0.2, 0.25) is 0 Å². The smallest absolute Gasteiger partial charge is 0.269 e. The molecule has 0 saturated carbocycles. The fraction of sp³-hybridized carbons (Fsp3) is 0.0417. The van der Waals surface area contributed by atoms with Gasteiger partial charge in [-0.05, 0) is 65.8 Å². The number of ether oxygens (including phenoxy) is 1. The van der Waals surface area contributed by atoms with Crippen LogP contribution < -0.4 is 20.9 Å². The molecule has 162 valence electrons. The molecule has 0 heterocycles. The molecule has 0 unspecified atom stereocenters. The van der Waals surface area contributed by atoms with Crippen molar-refractivity contribution in [2.24, 2.45) is 0 Å². The van der Waals surface area contributed by atoms with Crippen molar-refractivity contribution in [3.63, 3.8) is 0 Å². The Morgan fingerprint density at radius 3 is 2.28 bits per heavy atom. The molecule has 0 saturated heterocycles. The number of nitrogens with one attached hydrogen (secondary N) is 3. The number of hydrogen-bond donors (Lipinski definition) is 3. The molecule has 3 aromatic rings. The van der Waals surface area contributed by atoms with Crippen LogP contribution in [0, 0.1) is 5.82 Å². The molecule has 0 spiro atoms. The van der Waals surface area contributed by atoms with Crippen molar-refractivity contribution >= 4 is 35.2 Å². The normalized spacial score (nSPS) is 10.4. The van der Waals surface area contributed by atoms with E-state index in [1.54, 1.807) is 24.3 Å². The van der Waals surface area contributed by atoms with Gasteiger partial charge in [0, 0.05) is 11.6 Å². The molecule has 3 rings (SSSR count). The fourth-order valence-electron chi connectivity index (χ4n) is 2.56. The van der Waals surface area contributed by atoms with E-state index < -0.39 is 11.8 Å². The average molecular weight is 450 g/mol. The lowest BCUT2D eigenvalue weighted by Gasteiger charge is -2.10. The molecule has 32 heavy (non-hydrogen) atoms. The van der Waals surface area contributed by atoms with Crippen molar-refractivity contribution in [3.8, 4) is 5.75 Å². The van der Waals surface area contributed by atoms with Gasteiger partial charge in [-0.1, -0.05) is 42.5 Å². The van der Waals surface area contributed by atoms with E-state index >= 15 is 0 Å². The number of hydrogen-bond acceptors (Lipinski definition) is 4. The van der Waals surface area contributed by atoms with Gasteiger partial charge >= 0.3 is 0 Å². The lowest BCUT2D eigenvalue weighted by atomic mass is 10.2. The Kier molecular flexibility index (Phi) is 8.05. The lowest BCUT2D eigenvalue weighted by molar-refractivity contribution is -0.115. The minimum Gasteiger partial charge on any atom is -0.489 e. The van der Waals surface area contributed by atoms with Gasteiger partial charge in [0.2, 0.25) is 5.91 Å². The van der Waals surface area contributed by atoms with Crippen LogP contribution in [0.4, 0.5) is 4.39 Å². The van der Waals surface area contributed by atoms with Crippen molar-refractivity contribution in [2.75, 3.05) is 0 Å². The summed E-state index contributed by atoms with van der Waals surface area (Å²) in [6, 6.07) is 22.0. The third-order valence-electron chi connectivity index (χ3n) is 4.19. The zero-order valence-electron chi connectivity index (χ0n) is 16.9. The second kappa shape index (κ2) is 11.4. The van der Waals surface area contributed by atoms with E-state index in [-0.39, 0.29) is 10.9 Å². The van der Waals surface area contributed by atoms with Crippen LogP contribution in [0.5, 0.6) is 5.75 Å². The Hall–Kier alpha value is -4.04. The fourth-order valence-corrected chi connectivity index (χ4v) is 2.71. The maximum Gasteiger partial charge on any atom is 0.269 e. The number of rotatable bonds is 6. The molecule has 0 fully saturated rings. The van der Waals surface area contributed by atoms with Gasteiger partial charge in [-0.2, -0.15) is 0 Å². The summed E-state index contributed by atoms with van der Waals surface area (Å²) in [5.41, 5.74) is 6.96. The summed E-state index contributed by atoms with van der Waals surface area (Å²) in [5.74, 6) is -0.657. The van der Waals surface area contributed by atoms with Gasteiger partial charge < -0.3 is 4.74 Å². The molecule has 0 radical (unpaired) electrons. The molecule has 0 aliphatic carbocycles. The number of carbonyl (C=O) groups is 2. The van der Waals surface area contributed by atoms with Gasteiger partial charge in [0.05, 0.1) is 0 Å². The Morgan fingerprint density at radius 1 is 0.906 bits per heavy atom. The number of hydrazine groups is 1. The maximum absolute atomic E-state index is 12.9. The van der Waals surface area contributed by atoms with Crippen LogP contribution in [-0.4, -0.2) is 16.9 Å². The highest BCUT2D eigenvalue weighted by Gasteiger charge is 2.07. The van der Waals surface area contributed by atoms with E-state index in [0.717, 1.165) is 5.56 Å². The summed E-state index contributed by atoms with van der Waals surface area (Å²) < 4.78 is 18.6. The van der Waals surface area contributed by atoms with Crippen molar-refractivity contribution in [2.45, 2.75) is 6.61 Å². The standard InChI is InChI=1S/C24H20FN3O3S/c25-20-11-6-17(7-12-20)8-15-22(29)26-24(32)28-27-23(30)19-9-13-21(14-10-19)31-16-18-4-2-1-3-5-18/h1-15H,16H2,(H,27,30)(H2,26,28,29,32)/b15-8+. The number of benzene rings is 3. The number of carbonyl (C=O) groups excluding carboxylic acids is 2. The summed E-state index contributed by atoms with van der Waals surface area (Å²) in [4.78, 5) is 24.1. The van der Waals surface area contributed by atoms with Gasteiger partial charge in [0.25, 0.3) is 5.91 Å². The van der Waals surface area contributed by atoms with Crippen molar-refractivity contribution < 1.29 is 18.7 Å². The first kappa shape index (κ1) is 22.6. The predicted molar refractivity (Wildman–Crippen MR) is 124 cm³/mol. The van der Waals surface area contributed by atoms with Crippen LogP contribution in [0.3, 0.4) is 0 Å². The van der Waals surface area contributed by atoms with Gasteiger partial charge in [0.1, 0.15) is 18.2 Å². The minimum atomic E-state index is -0.499. The zero-order chi connectivity index (χ0) is 22.8. The predicted octanol–water partition coefficient (Wildman–Crippen LogP) is 3.75. The van der Waals surface area contributed by atoms with Gasteiger partial charge in [-0.25, -0.2) is 4.39 Å². The van der Waals surface area contributed by atoms with Crippen LogP contribution in [0.25, 0.3) is 6.08 Å². The molecule has 0 aliphatic heterocycles. The summed E-state index contributed by atoms with van der Waals surface area (Å²) in [5, 5.41) is 2.32. The van der Waals surface area contributed by atoms with Crippen molar-refractivity contribution in [1.82, 2.24) is 16.2 Å². The van der Waals surface area contributed by atoms with E-state index in [9.17, 15) is 14.0 Å². The molecular weight excluding hydrogens is 429 g/mol. The SMILES string of the molecule is O=C(/C=C/c1ccc(F)cc1)NC(=S)NNC(=O)c1ccc(OCc2ccccc2)cc1. The van der Waals surface area contributed by atoms with E-state index in [1.165, 1.54) is 36.4 Å². The third-order valence-corrected chi connectivity index (χ3v) is 4.39. The Bertz CT molecular complexity index is 1100. The molecule has 0 bridgehead atoms. The van der Waals surface area contributed by atoms with Crippen LogP contribution in [0.1, 0.15) is 21.5 Å². The lowest BCUT2D eigenvalue weighted by Crippen LogP contribution is -2.48. The second-order valence-electron chi connectivity index (χ2n) is 6.58. The molecule has 3 N–H and O–H groups in total. The highest BCUT2D eigenvalue weighted by molar-refractivity contribution is 7.80. The first-order chi connectivity index (χ1) is 15.5. The van der Waals surface area contributed by atoms with E-state index in [4.69, 9.17) is 17.0 Å². The highest BCUT2D eigenvalue weighted by Crippen LogP contribution is 2.14.